The van der Waals surface area contributed by atoms with Gasteiger partial charge in [-0.2, -0.15) is 0 Å². The van der Waals surface area contributed by atoms with Crippen LogP contribution < -0.4 is 10.1 Å². The lowest BCUT2D eigenvalue weighted by Gasteiger charge is -2.06. The second kappa shape index (κ2) is 9.00. The SMILES string of the molecule is Cc1cc(C)cc(NC(=O)CSc2nnc(COc3ccc4ccccc4c3)o2)c1. The van der Waals surface area contributed by atoms with Crippen LogP contribution in [-0.4, -0.2) is 21.9 Å². The maximum Gasteiger partial charge on any atom is 0.277 e. The Balaban J connectivity index is 1.28. The van der Waals surface area contributed by atoms with Gasteiger partial charge in [0, 0.05) is 5.69 Å². The summed E-state index contributed by atoms with van der Waals surface area (Å²) in [4.78, 5) is 12.2. The van der Waals surface area contributed by atoms with E-state index in [2.05, 4.69) is 27.6 Å². The molecule has 0 bridgehead atoms. The van der Waals surface area contributed by atoms with Crippen molar-refractivity contribution in [3.63, 3.8) is 0 Å². The number of rotatable bonds is 7. The fourth-order valence-electron chi connectivity index (χ4n) is 3.13. The van der Waals surface area contributed by atoms with Gasteiger partial charge in [-0.15, -0.1) is 10.2 Å². The number of aromatic nitrogens is 2. The van der Waals surface area contributed by atoms with Crippen LogP contribution >= 0.6 is 11.8 Å². The Bertz CT molecular complexity index is 1170. The van der Waals surface area contributed by atoms with Gasteiger partial charge >= 0.3 is 0 Å². The second-order valence-corrected chi connectivity index (χ2v) is 7.90. The van der Waals surface area contributed by atoms with E-state index in [0.717, 1.165) is 33.3 Å². The molecule has 3 aromatic carbocycles. The first-order chi connectivity index (χ1) is 14.5. The summed E-state index contributed by atoms with van der Waals surface area (Å²) in [5.74, 6) is 1.15. The molecule has 0 atom stereocenters. The number of nitrogens with zero attached hydrogens (tertiary/aromatic N) is 2. The monoisotopic (exact) mass is 419 g/mol. The highest BCUT2D eigenvalue weighted by Gasteiger charge is 2.11. The van der Waals surface area contributed by atoms with Gasteiger partial charge in [-0.3, -0.25) is 4.79 Å². The Kier molecular flexibility index (Phi) is 5.99. The van der Waals surface area contributed by atoms with E-state index in [4.69, 9.17) is 9.15 Å². The van der Waals surface area contributed by atoms with Crippen molar-refractivity contribution in [3.8, 4) is 5.75 Å². The van der Waals surface area contributed by atoms with Gasteiger partial charge in [-0.1, -0.05) is 48.2 Å². The van der Waals surface area contributed by atoms with Crippen LogP contribution in [0.3, 0.4) is 0 Å². The molecule has 1 heterocycles. The lowest BCUT2D eigenvalue weighted by atomic mass is 10.1. The molecule has 1 aromatic heterocycles. The fraction of sp³-hybridized carbons (Fsp3) is 0.174. The maximum absolute atomic E-state index is 12.2. The minimum atomic E-state index is -0.128. The average molecular weight is 420 g/mol. The molecule has 1 amide bonds. The molecule has 0 aliphatic heterocycles. The van der Waals surface area contributed by atoms with Crippen LogP contribution in [0.25, 0.3) is 10.8 Å². The first-order valence-corrected chi connectivity index (χ1v) is 10.5. The number of anilines is 1. The molecule has 0 aliphatic rings. The number of thioether (sulfide) groups is 1. The smallest absolute Gasteiger partial charge is 0.277 e. The highest BCUT2D eigenvalue weighted by molar-refractivity contribution is 7.99. The average Bonchev–Trinajstić information content (AvgIpc) is 3.18. The molecular weight excluding hydrogens is 398 g/mol. The van der Waals surface area contributed by atoms with Crippen LogP contribution in [0.4, 0.5) is 5.69 Å². The number of aryl methyl sites for hydroxylation is 2. The van der Waals surface area contributed by atoms with E-state index in [1.807, 2.05) is 62.4 Å². The normalized spacial score (nSPS) is 10.9. The molecule has 0 unspecified atom stereocenters. The molecule has 0 fully saturated rings. The van der Waals surface area contributed by atoms with Crippen LogP contribution in [0.2, 0.25) is 0 Å². The third kappa shape index (κ3) is 5.18. The summed E-state index contributed by atoms with van der Waals surface area (Å²) in [6.07, 6.45) is 0. The van der Waals surface area contributed by atoms with Gasteiger partial charge in [-0.05, 0) is 60.0 Å². The topological polar surface area (TPSA) is 77.2 Å². The van der Waals surface area contributed by atoms with E-state index >= 15 is 0 Å². The predicted octanol–water partition coefficient (Wildman–Crippen LogP) is 5.15. The van der Waals surface area contributed by atoms with Crippen molar-refractivity contribution in [2.75, 3.05) is 11.1 Å². The van der Waals surface area contributed by atoms with Crippen molar-refractivity contribution in [1.82, 2.24) is 10.2 Å². The van der Waals surface area contributed by atoms with E-state index in [0.29, 0.717) is 11.1 Å². The molecule has 152 valence electrons. The zero-order chi connectivity index (χ0) is 20.9. The molecule has 7 heteroatoms. The third-order valence-electron chi connectivity index (χ3n) is 4.36. The van der Waals surface area contributed by atoms with Crippen molar-refractivity contribution in [2.24, 2.45) is 0 Å². The standard InChI is InChI=1S/C23H21N3O3S/c1-15-9-16(2)11-19(10-15)24-21(27)14-30-23-26-25-22(29-23)13-28-20-8-7-17-5-3-4-6-18(17)12-20/h3-12H,13-14H2,1-2H3,(H,24,27). The minimum Gasteiger partial charge on any atom is -0.484 e. The Hall–Kier alpha value is -3.32. The van der Waals surface area contributed by atoms with E-state index in [1.165, 1.54) is 11.8 Å². The quantitative estimate of drug-likeness (QED) is 0.418. The highest BCUT2D eigenvalue weighted by Crippen LogP contribution is 2.22. The van der Waals surface area contributed by atoms with E-state index in [9.17, 15) is 4.79 Å². The molecule has 0 aliphatic carbocycles. The highest BCUT2D eigenvalue weighted by atomic mass is 32.2. The fourth-order valence-corrected chi connectivity index (χ4v) is 3.71. The van der Waals surface area contributed by atoms with E-state index < -0.39 is 0 Å². The van der Waals surface area contributed by atoms with Gasteiger partial charge < -0.3 is 14.5 Å². The first-order valence-electron chi connectivity index (χ1n) is 9.50. The van der Waals surface area contributed by atoms with Gasteiger partial charge in [0.25, 0.3) is 11.1 Å². The van der Waals surface area contributed by atoms with Crippen molar-refractivity contribution in [3.05, 3.63) is 77.7 Å². The third-order valence-corrected chi connectivity index (χ3v) is 5.18. The van der Waals surface area contributed by atoms with Gasteiger partial charge in [0.15, 0.2) is 6.61 Å². The van der Waals surface area contributed by atoms with Gasteiger partial charge in [0.05, 0.1) is 5.75 Å². The summed E-state index contributed by atoms with van der Waals surface area (Å²) in [5, 5.41) is 13.4. The van der Waals surface area contributed by atoms with Crippen LogP contribution in [0.15, 0.2) is 70.3 Å². The predicted molar refractivity (Wildman–Crippen MR) is 118 cm³/mol. The largest absolute Gasteiger partial charge is 0.484 e. The summed E-state index contributed by atoms with van der Waals surface area (Å²) >= 11 is 1.19. The summed E-state index contributed by atoms with van der Waals surface area (Å²) in [6, 6.07) is 19.9. The Morgan fingerprint density at radius 3 is 2.57 bits per heavy atom. The number of nitrogens with one attached hydrogen (secondary N) is 1. The number of amides is 1. The summed E-state index contributed by atoms with van der Waals surface area (Å²) < 4.78 is 11.3. The zero-order valence-electron chi connectivity index (χ0n) is 16.7. The minimum absolute atomic E-state index is 0.128. The molecule has 1 N–H and O–H groups in total. The zero-order valence-corrected chi connectivity index (χ0v) is 17.5. The molecule has 4 aromatic rings. The maximum atomic E-state index is 12.2. The van der Waals surface area contributed by atoms with Crippen LogP contribution in [0.5, 0.6) is 5.75 Å². The van der Waals surface area contributed by atoms with Gasteiger partial charge in [0.1, 0.15) is 5.75 Å². The number of hydrogen-bond donors (Lipinski definition) is 1. The number of hydrogen-bond acceptors (Lipinski definition) is 6. The lowest BCUT2D eigenvalue weighted by molar-refractivity contribution is -0.113. The molecule has 0 radical (unpaired) electrons. The molecule has 0 saturated heterocycles. The Morgan fingerprint density at radius 1 is 1.00 bits per heavy atom. The molecular formula is C23H21N3O3S. The van der Waals surface area contributed by atoms with Crippen LogP contribution in [0.1, 0.15) is 17.0 Å². The summed E-state index contributed by atoms with van der Waals surface area (Å²) in [6.45, 7) is 4.16. The number of carbonyl (C=O) groups excluding carboxylic acids is 1. The number of fused-ring (bicyclic) bond motifs is 1. The molecule has 4 rings (SSSR count). The number of carbonyl (C=O) groups is 1. The van der Waals surface area contributed by atoms with Crippen LogP contribution in [0, 0.1) is 13.8 Å². The van der Waals surface area contributed by atoms with Crippen molar-refractivity contribution < 1.29 is 13.9 Å². The first kappa shape index (κ1) is 20.0. The van der Waals surface area contributed by atoms with E-state index in [1.54, 1.807) is 0 Å². The molecule has 30 heavy (non-hydrogen) atoms. The van der Waals surface area contributed by atoms with E-state index in [-0.39, 0.29) is 18.3 Å². The molecule has 0 spiro atoms. The Morgan fingerprint density at radius 2 is 1.77 bits per heavy atom. The number of ether oxygens (including phenoxy) is 1. The van der Waals surface area contributed by atoms with Crippen molar-refractivity contribution in [1.29, 1.82) is 0 Å². The Labute approximate surface area is 178 Å². The number of benzene rings is 3. The van der Waals surface area contributed by atoms with Gasteiger partial charge in [-0.25, -0.2) is 0 Å². The lowest BCUT2D eigenvalue weighted by Crippen LogP contribution is -2.14. The molecule has 6 nitrogen and oxygen atoms in total. The molecule has 0 saturated carbocycles. The van der Waals surface area contributed by atoms with Crippen LogP contribution in [-0.2, 0) is 11.4 Å². The summed E-state index contributed by atoms with van der Waals surface area (Å²) in [7, 11) is 0. The van der Waals surface area contributed by atoms with Gasteiger partial charge in [0.2, 0.25) is 5.91 Å². The van der Waals surface area contributed by atoms with Crippen molar-refractivity contribution >= 4 is 34.1 Å². The summed E-state index contributed by atoms with van der Waals surface area (Å²) in [5.41, 5.74) is 2.99. The second-order valence-electron chi connectivity index (χ2n) is 6.97. The van der Waals surface area contributed by atoms with Crippen molar-refractivity contribution in [2.45, 2.75) is 25.7 Å².